The molecule has 1 N–H and O–H groups in total. The Morgan fingerprint density at radius 1 is 0.920 bits per heavy atom. The van der Waals surface area contributed by atoms with Gasteiger partial charge in [0, 0.05) is 33.9 Å². The first-order valence-corrected chi connectivity index (χ1v) is 8.87. The van der Waals surface area contributed by atoms with Crippen LogP contribution < -0.4 is 5.32 Å². The Morgan fingerprint density at radius 3 is 2.52 bits per heavy atom. The van der Waals surface area contributed by atoms with Crippen LogP contribution in [0.1, 0.15) is 16.4 Å². The Bertz CT molecular complexity index is 1070. The first-order chi connectivity index (χ1) is 12.1. The van der Waals surface area contributed by atoms with Crippen molar-refractivity contribution in [2.24, 2.45) is 0 Å². The first kappa shape index (κ1) is 15.7. The van der Waals surface area contributed by atoms with Gasteiger partial charge in [-0.2, -0.15) is 0 Å². The van der Waals surface area contributed by atoms with Crippen LogP contribution in [0.25, 0.3) is 22.2 Å². The van der Waals surface area contributed by atoms with Gasteiger partial charge in [0.1, 0.15) is 11.3 Å². The summed E-state index contributed by atoms with van der Waals surface area (Å²) in [6.07, 6.45) is 1.85. The minimum absolute atomic E-state index is 0.709. The minimum Gasteiger partial charge on any atom is -0.322 e. The number of rotatable bonds is 3. The van der Waals surface area contributed by atoms with Gasteiger partial charge < -0.3 is 5.32 Å². The average molecular weight is 347 g/mol. The molecule has 0 amide bonds. The second-order valence-corrected chi connectivity index (χ2v) is 6.97. The van der Waals surface area contributed by atoms with Crippen LogP contribution in [0.3, 0.4) is 0 Å². The summed E-state index contributed by atoms with van der Waals surface area (Å²) in [7, 11) is 0. The van der Waals surface area contributed by atoms with Gasteiger partial charge in [-0.05, 0) is 39.0 Å². The maximum absolute atomic E-state index is 4.71. The molecular formula is C19H17N5S. The minimum atomic E-state index is 0.709. The molecule has 0 aromatic carbocycles. The highest BCUT2D eigenvalue weighted by Crippen LogP contribution is 2.31. The Morgan fingerprint density at radius 2 is 1.76 bits per heavy atom. The van der Waals surface area contributed by atoms with E-state index in [-0.39, 0.29) is 0 Å². The summed E-state index contributed by atoms with van der Waals surface area (Å²) in [5.74, 6) is 1.50. The molecule has 6 heteroatoms. The predicted molar refractivity (Wildman–Crippen MR) is 102 cm³/mol. The van der Waals surface area contributed by atoms with Gasteiger partial charge in [-0.15, -0.1) is 11.3 Å². The van der Waals surface area contributed by atoms with Gasteiger partial charge >= 0.3 is 0 Å². The first-order valence-electron chi connectivity index (χ1n) is 8.00. The van der Waals surface area contributed by atoms with E-state index < -0.39 is 0 Å². The number of pyridine rings is 3. The Labute approximate surface area is 149 Å². The number of thiazole rings is 1. The quantitative estimate of drug-likeness (QED) is 0.576. The van der Waals surface area contributed by atoms with E-state index in [4.69, 9.17) is 4.98 Å². The fourth-order valence-electron chi connectivity index (χ4n) is 2.75. The Hall–Kier alpha value is -2.86. The van der Waals surface area contributed by atoms with E-state index in [1.54, 1.807) is 11.3 Å². The van der Waals surface area contributed by atoms with Crippen LogP contribution >= 0.6 is 11.3 Å². The molecule has 4 aromatic rings. The van der Waals surface area contributed by atoms with Crippen molar-refractivity contribution in [2.45, 2.75) is 20.8 Å². The number of aryl methyl sites for hydroxylation is 3. The number of nitrogens with one attached hydrogen (secondary N) is 1. The summed E-state index contributed by atoms with van der Waals surface area (Å²) >= 11 is 1.60. The Balaban J connectivity index is 1.89. The summed E-state index contributed by atoms with van der Waals surface area (Å²) in [6.45, 7) is 5.95. The molecule has 0 saturated carbocycles. The molecule has 5 nitrogen and oxygen atoms in total. The highest BCUT2D eigenvalue weighted by molar-refractivity contribution is 7.09. The molecule has 25 heavy (non-hydrogen) atoms. The molecule has 124 valence electrons. The lowest BCUT2D eigenvalue weighted by molar-refractivity contribution is 1.19. The molecular weight excluding hydrogens is 330 g/mol. The number of hydrogen-bond acceptors (Lipinski definition) is 6. The maximum atomic E-state index is 4.71. The second-order valence-electron chi connectivity index (χ2n) is 5.91. The number of fused-ring (bicyclic) bond motifs is 1. The van der Waals surface area contributed by atoms with E-state index >= 15 is 0 Å². The number of aromatic nitrogens is 4. The largest absolute Gasteiger partial charge is 0.322 e. The summed E-state index contributed by atoms with van der Waals surface area (Å²) < 4.78 is 0. The van der Waals surface area contributed by atoms with Gasteiger partial charge in [0.2, 0.25) is 0 Å². The molecule has 0 spiro atoms. The van der Waals surface area contributed by atoms with E-state index in [0.29, 0.717) is 5.82 Å². The van der Waals surface area contributed by atoms with E-state index in [1.165, 1.54) is 0 Å². The molecule has 0 aliphatic rings. The predicted octanol–water partition coefficient (Wildman–Crippen LogP) is 4.82. The molecule has 0 bridgehead atoms. The van der Waals surface area contributed by atoms with Crippen molar-refractivity contribution < 1.29 is 0 Å². The van der Waals surface area contributed by atoms with E-state index in [9.17, 15) is 0 Å². The summed E-state index contributed by atoms with van der Waals surface area (Å²) in [6, 6.07) is 10.1. The van der Waals surface area contributed by atoms with Crippen LogP contribution in [0, 0.1) is 20.8 Å². The van der Waals surface area contributed by atoms with Crippen molar-refractivity contribution >= 4 is 33.9 Å². The zero-order valence-corrected chi connectivity index (χ0v) is 15.1. The fourth-order valence-corrected chi connectivity index (χ4v) is 3.29. The van der Waals surface area contributed by atoms with Crippen molar-refractivity contribution in [2.75, 3.05) is 5.32 Å². The van der Waals surface area contributed by atoms with Gasteiger partial charge in [0.25, 0.3) is 0 Å². The van der Waals surface area contributed by atoms with Gasteiger partial charge in [-0.1, -0.05) is 12.1 Å². The van der Waals surface area contributed by atoms with Crippen LogP contribution in [0.4, 0.5) is 11.6 Å². The standard InChI is InChI=1S/C19H17N5S/c1-11-5-4-6-16(21-11)15-9-20-19(24-17-10-25-13(3)23-17)18-14(15)8-7-12(2)22-18/h4-10H,1-3H3,(H,20,24). The fraction of sp³-hybridized carbons (Fsp3) is 0.158. The lowest BCUT2D eigenvalue weighted by Crippen LogP contribution is -1.99. The van der Waals surface area contributed by atoms with E-state index in [2.05, 4.69) is 26.3 Å². The van der Waals surface area contributed by atoms with Crippen molar-refractivity contribution in [3.8, 4) is 11.3 Å². The Kier molecular flexibility index (Phi) is 3.89. The van der Waals surface area contributed by atoms with Crippen molar-refractivity contribution in [1.29, 1.82) is 0 Å². The lowest BCUT2D eigenvalue weighted by atomic mass is 10.1. The van der Waals surface area contributed by atoms with E-state index in [1.807, 2.05) is 56.6 Å². The summed E-state index contributed by atoms with van der Waals surface area (Å²) in [5, 5.41) is 7.30. The monoisotopic (exact) mass is 347 g/mol. The molecule has 0 aliphatic heterocycles. The third kappa shape index (κ3) is 3.08. The molecule has 4 rings (SSSR count). The second kappa shape index (κ2) is 6.22. The molecule has 4 heterocycles. The van der Waals surface area contributed by atoms with Gasteiger partial charge in [0.05, 0.1) is 10.7 Å². The lowest BCUT2D eigenvalue weighted by Gasteiger charge is -2.11. The van der Waals surface area contributed by atoms with Crippen LogP contribution in [0.2, 0.25) is 0 Å². The van der Waals surface area contributed by atoms with Gasteiger partial charge in [-0.3, -0.25) is 4.98 Å². The van der Waals surface area contributed by atoms with Crippen LogP contribution in [0.15, 0.2) is 41.9 Å². The number of nitrogens with zero attached hydrogens (tertiary/aromatic N) is 4. The molecule has 0 aliphatic carbocycles. The van der Waals surface area contributed by atoms with Gasteiger partial charge in [-0.25, -0.2) is 15.0 Å². The molecule has 0 atom stereocenters. The molecule has 4 aromatic heterocycles. The topological polar surface area (TPSA) is 63.6 Å². The highest BCUT2D eigenvalue weighted by Gasteiger charge is 2.13. The SMILES string of the molecule is Cc1cccc(-c2cnc(Nc3csc(C)n3)c3nc(C)ccc23)n1. The highest BCUT2D eigenvalue weighted by atomic mass is 32.1. The summed E-state index contributed by atoms with van der Waals surface area (Å²) in [5.41, 5.74) is 4.63. The van der Waals surface area contributed by atoms with Crippen LogP contribution in [0.5, 0.6) is 0 Å². The van der Waals surface area contributed by atoms with Crippen molar-refractivity contribution in [3.63, 3.8) is 0 Å². The smallest absolute Gasteiger partial charge is 0.158 e. The molecule has 0 saturated heterocycles. The normalized spacial score (nSPS) is 11.0. The summed E-state index contributed by atoms with van der Waals surface area (Å²) in [4.78, 5) is 18.4. The van der Waals surface area contributed by atoms with Crippen LogP contribution in [-0.2, 0) is 0 Å². The zero-order chi connectivity index (χ0) is 17.4. The van der Waals surface area contributed by atoms with E-state index in [0.717, 1.165) is 44.4 Å². The van der Waals surface area contributed by atoms with Crippen molar-refractivity contribution in [3.05, 3.63) is 58.3 Å². The third-order valence-electron chi connectivity index (χ3n) is 3.90. The van der Waals surface area contributed by atoms with Crippen molar-refractivity contribution in [1.82, 2.24) is 19.9 Å². The average Bonchev–Trinajstić information content (AvgIpc) is 3.00. The zero-order valence-electron chi connectivity index (χ0n) is 14.2. The van der Waals surface area contributed by atoms with Crippen LogP contribution in [-0.4, -0.2) is 19.9 Å². The van der Waals surface area contributed by atoms with Gasteiger partial charge in [0.15, 0.2) is 5.82 Å². The maximum Gasteiger partial charge on any atom is 0.158 e. The molecule has 0 fully saturated rings. The molecule has 0 unspecified atom stereocenters. The third-order valence-corrected chi connectivity index (χ3v) is 4.67. The molecule has 0 radical (unpaired) electrons. The number of anilines is 2. The number of hydrogen-bond donors (Lipinski definition) is 1.